The van der Waals surface area contributed by atoms with Crippen molar-refractivity contribution in [3.8, 4) is 0 Å². The molecule has 0 fully saturated rings. The molecule has 1 atom stereocenters. The lowest BCUT2D eigenvalue weighted by Crippen LogP contribution is -2.24. The molecule has 1 aromatic heterocycles. The van der Waals surface area contributed by atoms with Crippen LogP contribution in [0.4, 0.5) is 11.6 Å². The van der Waals surface area contributed by atoms with E-state index in [4.69, 9.17) is 0 Å². The van der Waals surface area contributed by atoms with Crippen LogP contribution in [0.15, 0.2) is 36.7 Å². The van der Waals surface area contributed by atoms with Crippen molar-refractivity contribution in [3.63, 3.8) is 0 Å². The molecule has 18 heavy (non-hydrogen) atoms. The molecule has 0 saturated heterocycles. The van der Waals surface area contributed by atoms with Gasteiger partial charge in [-0.05, 0) is 17.5 Å². The Morgan fingerprint density at radius 3 is 2.89 bits per heavy atom. The monoisotopic (exact) mass is 240 g/mol. The van der Waals surface area contributed by atoms with Crippen LogP contribution in [0.25, 0.3) is 0 Å². The summed E-state index contributed by atoms with van der Waals surface area (Å²) in [4.78, 5) is 8.30. The maximum absolute atomic E-state index is 4.21. The first kappa shape index (κ1) is 11.0. The summed E-state index contributed by atoms with van der Waals surface area (Å²) in [6.07, 6.45) is 2.73. The molecular formula is C14H16N4. The zero-order chi connectivity index (χ0) is 12.4. The van der Waals surface area contributed by atoms with Gasteiger partial charge in [-0.3, -0.25) is 0 Å². The Morgan fingerprint density at radius 2 is 2.06 bits per heavy atom. The first-order valence-corrected chi connectivity index (χ1v) is 6.18. The summed E-state index contributed by atoms with van der Waals surface area (Å²) in [5.41, 5.74) is 2.94. The number of rotatable bonds is 4. The van der Waals surface area contributed by atoms with Gasteiger partial charge in [0.15, 0.2) is 0 Å². The molecule has 1 aromatic carbocycles. The number of aromatic nitrogens is 2. The quantitative estimate of drug-likeness (QED) is 0.860. The van der Waals surface area contributed by atoms with Crippen molar-refractivity contribution in [1.82, 2.24) is 9.97 Å². The number of anilines is 2. The fourth-order valence-corrected chi connectivity index (χ4v) is 2.36. The minimum Gasteiger partial charge on any atom is -0.373 e. The van der Waals surface area contributed by atoms with E-state index in [1.807, 2.05) is 13.1 Å². The number of nitrogens with zero attached hydrogens (tertiary/aromatic N) is 2. The predicted octanol–water partition coefficient (Wildman–Crippen LogP) is 2.27. The molecule has 0 radical (unpaired) electrons. The first-order valence-electron chi connectivity index (χ1n) is 6.18. The van der Waals surface area contributed by atoms with E-state index < -0.39 is 0 Å². The van der Waals surface area contributed by atoms with Gasteiger partial charge in [0, 0.05) is 25.6 Å². The Labute approximate surface area is 106 Å². The van der Waals surface area contributed by atoms with Crippen LogP contribution in [0, 0.1) is 0 Å². The van der Waals surface area contributed by atoms with Crippen molar-refractivity contribution in [2.75, 3.05) is 24.2 Å². The topological polar surface area (TPSA) is 49.8 Å². The van der Waals surface area contributed by atoms with Crippen molar-refractivity contribution < 1.29 is 0 Å². The zero-order valence-corrected chi connectivity index (χ0v) is 10.4. The van der Waals surface area contributed by atoms with Gasteiger partial charge in [-0.25, -0.2) is 9.97 Å². The van der Waals surface area contributed by atoms with Crippen LogP contribution in [0.3, 0.4) is 0 Å². The average molecular weight is 240 g/mol. The molecule has 0 aliphatic heterocycles. The standard InChI is InChI=1S/C14H16N4/c1-15-13-7-14(18-9-17-13)16-8-11-6-10-4-2-3-5-12(10)11/h2-5,7,9,11H,6,8H2,1H3,(H2,15,16,17,18). The second-order valence-corrected chi connectivity index (χ2v) is 4.52. The SMILES string of the molecule is CNc1cc(NCC2Cc3ccccc32)ncn1. The van der Waals surface area contributed by atoms with Crippen molar-refractivity contribution in [3.05, 3.63) is 47.8 Å². The molecular weight excluding hydrogens is 224 g/mol. The summed E-state index contributed by atoms with van der Waals surface area (Å²) in [6, 6.07) is 10.5. The molecule has 1 aliphatic carbocycles. The molecule has 4 nitrogen and oxygen atoms in total. The fourth-order valence-electron chi connectivity index (χ4n) is 2.36. The van der Waals surface area contributed by atoms with E-state index in [1.54, 1.807) is 6.33 Å². The van der Waals surface area contributed by atoms with Crippen molar-refractivity contribution in [2.24, 2.45) is 0 Å². The third kappa shape index (κ3) is 2.01. The molecule has 1 heterocycles. The molecule has 2 aromatic rings. The van der Waals surface area contributed by atoms with E-state index in [2.05, 4.69) is 44.9 Å². The third-order valence-electron chi connectivity index (χ3n) is 3.41. The Balaban J connectivity index is 1.63. The van der Waals surface area contributed by atoms with Crippen molar-refractivity contribution >= 4 is 11.6 Å². The van der Waals surface area contributed by atoms with Gasteiger partial charge in [0.2, 0.25) is 0 Å². The second kappa shape index (κ2) is 4.64. The van der Waals surface area contributed by atoms with Crippen LogP contribution in [0.5, 0.6) is 0 Å². The smallest absolute Gasteiger partial charge is 0.131 e. The summed E-state index contributed by atoms with van der Waals surface area (Å²) in [6.45, 7) is 0.928. The maximum Gasteiger partial charge on any atom is 0.131 e. The van der Waals surface area contributed by atoms with Crippen LogP contribution in [0.1, 0.15) is 17.0 Å². The number of benzene rings is 1. The van der Waals surface area contributed by atoms with Gasteiger partial charge in [0.1, 0.15) is 18.0 Å². The molecule has 4 heteroatoms. The van der Waals surface area contributed by atoms with E-state index >= 15 is 0 Å². The van der Waals surface area contributed by atoms with E-state index in [0.717, 1.165) is 24.6 Å². The summed E-state index contributed by atoms with van der Waals surface area (Å²) in [7, 11) is 1.86. The summed E-state index contributed by atoms with van der Waals surface area (Å²) in [5, 5.41) is 6.38. The van der Waals surface area contributed by atoms with Gasteiger partial charge < -0.3 is 10.6 Å². The van der Waals surface area contributed by atoms with Crippen LogP contribution < -0.4 is 10.6 Å². The number of hydrogen-bond donors (Lipinski definition) is 2. The highest BCUT2D eigenvalue weighted by molar-refractivity contribution is 5.47. The van der Waals surface area contributed by atoms with Gasteiger partial charge in [-0.1, -0.05) is 24.3 Å². The van der Waals surface area contributed by atoms with Gasteiger partial charge in [-0.15, -0.1) is 0 Å². The van der Waals surface area contributed by atoms with Crippen LogP contribution in [0.2, 0.25) is 0 Å². The normalized spacial score (nSPS) is 16.6. The molecule has 1 aliphatic rings. The van der Waals surface area contributed by atoms with E-state index in [0.29, 0.717) is 5.92 Å². The second-order valence-electron chi connectivity index (χ2n) is 4.52. The lowest BCUT2D eigenvalue weighted by atomic mass is 9.78. The first-order chi connectivity index (χ1) is 8.86. The number of hydrogen-bond acceptors (Lipinski definition) is 4. The van der Waals surface area contributed by atoms with E-state index in [9.17, 15) is 0 Å². The van der Waals surface area contributed by atoms with Crippen LogP contribution >= 0.6 is 0 Å². The molecule has 0 spiro atoms. The largest absolute Gasteiger partial charge is 0.373 e. The molecule has 0 saturated carbocycles. The summed E-state index contributed by atoms with van der Waals surface area (Å²) >= 11 is 0. The fraction of sp³-hybridized carbons (Fsp3) is 0.286. The predicted molar refractivity (Wildman–Crippen MR) is 73.0 cm³/mol. The van der Waals surface area contributed by atoms with Crippen molar-refractivity contribution in [2.45, 2.75) is 12.3 Å². The Hall–Kier alpha value is -2.10. The Morgan fingerprint density at radius 1 is 1.22 bits per heavy atom. The molecule has 1 unspecified atom stereocenters. The highest BCUT2D eigenvalue weighted by Gasteiger charge is 2.24. The highest BCUT2D eigenvalue weighted by atomic mass is 15.1. The molecule has 92 valence electrons. The van der Waals surface area contributed by atoms with Gasteiger partial charge in [0.05, 0.1) is 0 Å². The Kier molecular flexibility index (Phi) is 2.84. The van der Waals surface area contributed by atoms with E-state index in [1.165, 1.54) is 11.1 Å². The van der Waals surface area contributed by atoms with Gasteiger partial charge in [0.25, 0.3) is 0 Å². The molecule has 2 N–H and O–H groups in total. The molecule has 3 rings (SSSR count). The van der Waals surface area contributed by atoms with Crippen molar-refractivity contribution in [1.29, 1.82) is 0 Å². The van der Waals surface area contributed by atoms with Gasteiger partial charge in [-0.2, -0.15) is 0 Å². The Bertz CT molecular complexity index is 553. The zero-order valence-electron chi connectivity index (χ0n) is 10.4. The highest BCUT2D eigenvalue weighted by Crippen LogP contribution is 2.34. The molecule has 0 bridgehead atoms. The van der Waals surface area contributed by atoms with Crippen LogP contribution in [-0.4, -0.2) is 23.6 Å². The third-order valence-corrected chi connectivity index (χ3v) is 3.41. The number of fused-ring (bicyclic) bond motifs is 1. The lowest BCUT2D eigenvalue weighted by molar-refractivity contribution is 0.634. The minimum absolute atomic E-state index is 0.606. The van der Waals surface area contributed by atoms with Crippen LogP contribution in [-0.2, 0) is 6.42 Å². The lowest BCUT2D eigenvalue weighted by Gasteiger charge is -2.30. The molecule has 0 amide bonds. The number of nitrogens with one attached hydrogen (secondary N) is 2. The van der Waals surface area contributed by atoms with E-state index in [-0.39, 0.29) is 0 Å². The summed E-state index contributed by atoms with van der Waals surface area (Å²) < 4.78 is 0. The van der Waals surface area contributed by atoms with Gasteiger partial charge >= 0.3 is 0 Å². The average Bonchev–Trinajstić information content (AvgIpc) is 2.40. The minimum atomic E-state index is 0.606. The summed E-state index contributed by atoms with van der Waals surface area (Å²) in [5.74, 6) is 2.31. The maximum atomic E-state index is 4.21.